The van der Waals surface area contributed by atoms with E-state index < -0.39 is 0 Å². The molecule has 15 heavy (non-hydrogen) atoms. The first-order chi connectivity index (χ1) is 7.08. The van der Waals surface area contributed by atoms with Gasteiger partial charge >= 0.3 is 0 Å². The van der Waals surface area contributed by atoms with Gasteiger partial charge in [-0.25, -0.2) is 0 Å². The molecular formula is C15H20. The van der Waals surface area contributed by atoms with Gasteiger partial charge in [0.15, 0.2) is 0 Å². The third-order valence-corrected chi connectivity index (χ3v) is 2.04. The first-order valence-electron chi connectivity index (χ1n) is 5.46. The van der Waals surface area contributed by atoms with Crippen molar-refractivity contribution < 1.29 is 0 Å². The number of rotatable bonds is 3. The fraction of sp³-hybridized carbons (Fsp3) is 0.333. The van der Waals surface area contributed by atoms with Crippen LogP contribution in [0.4, 0.5) is 0 Å². The van der Waals surface area contributed by atoms with Crippen molar-refractivity contribution in [2.45, 2.75) is 27.2 Å². The number of hydrogen-bond acceptors (Lipinski definition) is 0. The lowest BCUT2D eigenvalue weighted by Gasteiger charge is -2.09. The highest BCUT2D eigenvalue weighted by Gasteiger charge is 2.01. The van der Waals surface area contributed by atoms with E-state index in [0.717, 1.165) is 6.42 Å². The fourth-order valence-electron chi connectivity index (χ4n) is 1.24. The number of hydrogen-bond donors (Lipinski definition) is 0. The lowest BCUT2D eigenvalue weighted by Crippen LogP contribution is -1.97. The van der Waals surface area contributed by atoms with E-state index in [2.05, 4.69) is 69.3 Å². The number of benzene rings is 1. The first kappa shape index (κ1) is 11.8. The molecule has 0 atom stereocenters. The zero-order valence-electron chi connectivity index (χ0n) is 9.90. The molecule has 0 aliphatic heterocycles. The second-order valence-corrected chi connectivity index (χ2v) is 4.84. The molecule has 0 aliphatic rings. The Morgan fingerprint density at radius 3 is 2.27 bits per heavy atom. The standard InChI is InChI=1S/C15H20/c1-15(2,3)13-9-5-8-12-14-10-6-4-7-11-14/h4-11,13H,12H2,1-3H3. The molecule has 1 rings (SSSR count). The Morgan fingerprint density at radius 1 is 1.00 bits per heavy atom. The summed E-state index contributed by atoms with van der Waals surface area (Å²) in [4.78, 5) is 0. The van der Waals surface area contributed by atoms with Crippen molar-refractivity contribution in [2.24, 2.45) is 5.41 Å². The van der Waals surface area contributed by atoms with Crippen LogP contribution >= 0.6 is 0 Å². The van der Waals surface area contributed by atoms with Gasteiger partial charge < -0.3 is 0 Å². The monoisotopic (exact) mass is 200 g/mol. The second kappa shape index (κ2) is 5.55. The van der Waals surface area contributed by atoms with Crippen LogP contribution in [0.2, 0.25) is 0 Å². The molecule has 0 nitrogen and oxygen atoms in total. The molecule has 0 aromatic heterocycles. The van der Waals surface area contributed by atoms with Gasteiger partial charge in [-0.3, -0.25) is 0 Å². The summed E-state index contributed by atoms with van der Waals surface area (Å²) in [5.74, 6) is 0. The van der Waals surface area contributed by atoms with Crippen molar-refractivity contribution in [3.05, 3.63) is 60.2 Å². The van der Waals surface area contributed by atoms with Crippen LogP contribution in [0.3, 0.4) is 0 Å². The van der Waals surface area contributed by atoms with Crippen molar-refractivity contribution in [3.63, 3.8) is 0 Å². The van der Waals surface area contributed by atoms with E-state index in [0.29, 0.717) is 0 Å². The molecule has 0 aliphatic carbocycles. The van der Waals surface area contributed by atoms with Crippen molar-refractivity contribution in [3.8, 4) is 0 Å². The van der Waals surface area contributed by atoms with Gasteiger partial charge in [0, 0.05) is 0 Å². The molecule has 0 heteroatoms. The Hall–Kier alpha value is -1.30. The summed E-state index contributed by atoms with van der Waals surface area (Å²) in [6, 6.07) is 10.5. The molecule has 0 N–H and O–H groups in total. The van der Waals surface area contributed by atoms with E-state index >= 15 is 0 Å². The van der Waals surface area contributed by atoms with Crippen LogP contribution in [0, 0.1) is 5.41 Å². The van der Waals surface area contributed by atoms with Crippen LogP contribution in [0.25, 0.3) is 0 Å². The minimum absolute atomic E-state index is 0.275. The molecule has 1 aromatic rings. The summed E-state index contributed by atoms with van der Waals surface area (Å²) in [5.41, 5.74) is 1.63. The van der Waals surface area contributed by atoms with Gasteiger partial charge in [-0.1, -0.05) is 75.4 Å². The van der Waals surface area contributed by atoms with Crippen LogP contribution in [-0.4, -0.2) is 0 Å². The summed E-state index contributed by atoms with van der Waals surface area (Å²) in [5, 5.41) is 0. The maximum absolute atomic E-state index is 2.22. The highest BCUT2D eigenvalue weighted by molar-refractivity contribution is 5.18. The Bertz CT molecular complexity index is 323. The predicted molar refractivity (Wildman–Crippen MR) is 67.9 cm³/mol. The van der Waals surface area contributed by atoms with E-state index in [1.807, 2.05) is 6.07 Å². The van der Waals surface area contributed by atoms with E-state index in [1.54, 1.807) is 0 Å². The molecule has 0 unspecified atom stereocenters. The molecule has 0 amide bonds. The van der Waals surface area contributed by atoms with Crippen LogP contribution in [-0.2, 0) is 6.42 Å². The average Bonchev–Trinajstić information content (AvgIpc) is 2.17. The molecule has 0 bridgehead atoms. The Morgan fingerprint density at radius 2 is 1.67 bits per heavy atom. The minimum atomic E-state index is 0.275. The third-order valence-electron chi connectivity index (χ3n) is 2.04. The van der Waals surface area contributed by atoms with Gasteiger partial charge in [-0.15, -0.1) is 0 Å². The molecule has 0 fully saturated rings. The molecular weight excluding hydrogens is 180 g/mol. The van der Waals surface area contributed by atoms with Crippen molar-refractivity contribution in [2.75, 3.05) is 0 Å². The van der Waals surface area contributed by atoms with Gasteiger partial charge in [0.05, 0.1) is 0 Å². The van der Waals surface area contributed by atoms with Crippen LogP contribution in [0.1, 0.15) is 26.3 Å². The predicted octanol–water partition coefficient (Wildman–Crippen LogP) is 4.39. The number of allylic oxidation sites excluding steroid dienone is 4. The Kier molecular flexibility index (Phi) is 4.36. The van der Waals surface area contributed by atoms with Crippen LogP contribution in [0.5, 0.6) is 0 Å². The van der Waals surface area contributed by atoms with E-state index in [9.17, 15) is 0 Å². The van der Waals surface area contributed by atoms with Crippen LogP contribution in [0.15, 0.2) is 54.6 Å². The zero-order chi connectivity index (χ0) is 11.1. The Labute approximate surface area is 93.3 Å². The lowest BCUT2D eigenvalue weighted by atomic mass is 9.96. The van der Waals surface area contributed by atoms with Gasteiger partial charge in [-0.05, 0) is 17.4 Å². The minimum Gasteiger partial charge on any atom is -0.0801 e. The molecule has 0 saturated heterocycles. The summed E-state index contributed by atoms with van der Waals surface area (Å²) >= 11 is 0. The summed E-state index contributed by atoms with van der Waals surface area (Å²) in [6.45, 7) is 6.61. The average molecular weight is 200 g/mol. The topological polar surface area (TPSA) is 0 Å². The maximum atomic E-state index is 2.22. The van der Waals surface area contributed by atoms with Crippen LogP contribution < -0.4 is 0 Å². The summed E-state index contributed by atoms with van der Waals surface area (Å²) in [7, 11) is 0. The Balaban J connectivity index is 2.38. The highest BCUT2D eigenvalue weighted by Crippen LogP contribution is 2.14. The fourth-order valence-corrected chi connectivity index (χ4v) is 1.24. The molecule has 0 radical (unpaired) electrons. The molecule has 0 saturated carbocycles. The van der Waals surface area contributed by atoms with Gasteiger partial charge in [0.2, 0.25) is 0 Å². The third kappa shape index (κ3) is 5.90. The summed E-state index contributed by atoms with van der Waals surface area (Å²) < 4.78 is 0. The molecule has 80 valence electrons. The quantitative estimate of drug-likeness (QED) is 0.635. The van der Waals surface area contributed by atoms with Crippen molar-refractivity contribution in [1.82, 2.24) is 0 Å². The zero-order valence-corrected chi connectivity index (χ0v) is 9.90. The van der Waals surface area contributed by atoms with E-state index in [-0.39, 0.29) is 5.41 Å². The highest BCUT2D eigenvalue weighted by atomic mass is 14.1. The van der Waals surface area contributed by atoms with Gasteiger partial charge in [0.25, 0.3) is 0 Å². The van der Waals surface area contributed by atoms with Crippen molar-refractivity contribution >= 4 is 0 Å². The summed E-state index contributed by atoms with van der Waals surface area (Å²) in [6.07, 6.45) is 9.67. The smallest absolute Gasteiger partial charge is 0.00943 e. The van der Waals surface area contributed by atoms with Gasteiger partial charge in [0.1, 0.15) is 0 Å². The van der Waals surface area contributed by atoms with Crippen molar-refractivity contribution in [1.29, 1.82) is 0 Å². The van der Waals surface area contributed by atoms with Gasteiger partial charge in [-0.2, -0.15) is 0 Å². The van der Waals surface area contributed by atoms with E-state index in [1.165, 1.54) is 5.56 Å². The molecule has 0 spiro atoms. The maximum Gasteiger partial charge on any atom is -0.00943 e. The molecule has 1 aromatic carbocycles. The normalized spacial score (nSPS) is 12.7. The first-order valence-corrected chi connectivity index (χ1v) is 5.46. The SMILES string of the molecule is CC(C)(C)C=CC=CCc1ccccc1. The second-order valence-electron chi connectivity index (χ2n) is 4.84. The molecule has 0 heterocycles. The largest absolute Gasteiger partial charge is 0.0801 e. The lowest BCUT2D eigenvalue weighted by molar-refractivity contribution is 0.544. The van der Waals surface area contributed by atoms with E-state index in [4.69, 9.17) is 0 Å².